The monoisotopic (exact) mass is 249 g/mol. The second kappa shape index (κ2) is 5.35. The zero-order valence-corrected chi connectivity index (χ0v) is 10.8. The van der Waals surface area contributed by atoms with E-state index in [2.05, 4.69) is 17.3 Å². The third kappa shape index (κ3) is 2.79. The van der Waals surface area contributed by atoms with Crippen LogP contribution in [-0.4, -0.2) is 36.0 Å². The number of likely N-dealkylation sites (tertiary alicyclic amines) is 1. The summed E-state index contributed by atoms with van der Waals surface area (Å²) in [6, 6.07) is 5.65. The Balaban J connectivity index is 2.08. The van der Waals surface area contributed by atoms with E-state index in [-0.39, 0.29) is 10.6 Å². The van der Waals surface area contributed by atoms with Crippen LogP contribution in [0.25, 0.3) is 0 Å². The molecule has 0 aliphatic carbocycles. The van der Waals surface area contributed by atoms with Crippen molar-refractivity contribution in [2.24, 2.45) is 0 Å². The minimum absolute atomic E-state index is 0.154. The van der Waals surface area contributed by atoms with E-state index in [0.717, 1.165) is 25.1 Å². The molecule has 5 nitrogen and oxygen atoms in total. The SMILES string of the molecule is Cc1ccc([N+](=O)[O-])c(NCC2CCCN2C)c1. The van der Waals surface area contributed by atoms with E-state index in [0.29, 0.717) is 11.7 Å². The highest BCUT2D eigenvalue weighted by Crippen LogP contribution is 2.26. The Hall–Kier alpha value is -1.62. The summed E-state index contributed by atoms with van der Waals surface area (Å²) in [7, 11) is 2.10. The minimum Gasteiger partial charge on any atom is -0.378 e. The van der Waals surface area contributed by atoms with E-state index in [9.17, 15) is 10.1 Å². The van der Waals surface area contributed by atoms with E-state index in [1.807, 2.05) is 13.0 Å². The molecule has 1 saturated heterocycles. The summed E-state index contributed by atoms with van der Waals surface area (Å²) < 4.78 is 0. The Morgan fingerprint density at radius 3 is 2.94 bits per heavy atom. The van der Waals surface area contributed by atoms with Gasteiger partial charge in [-0.15, -0.1) is 0 Å². The molecule has 18 heavy (non-hydrogen) atoms. The van der Waals surface area contributed by atoms with Crippen LogP contribution in [0.2, 0.25) is 0 Å². The van der Waals surface area contributed by atoms with Crippen LogP contribution in [0.1, 0.15) is 18.4 Å². The largest absolute Gasteiger partial charge is 0.378 e. The van der Waals surface area contributed by atoms with Crippen LogP contribution in [0.4, 0.5) is 11.4 Å². The lowest BCUT2D eigenvalue weighted by Crippen LogP contribution is -2.31. The quantitative estimate of drug-likeness (QED) is 0.657. The van der Waals surface area contributed by atoms with Crippen molar-refractivity contribution in [3.8, 4) is 0 Å². The molecule has 0 aromatic heterocycles. The fraction of sp³-hybridized carbons (Fsp3) is 0.538. The summed E-state index contributed by atoms with van der Waals surface area (Å²) in [5.74, 6) is 0. The molecule has 1 aromatic carbocycles. The molecule has 1 fully saturated rings. The van der Waals surface area contributed by atoms with Crippen LogP contribution in [-0.2, 0) is 0 Å². The van der Waals surface area contributed by atoms with Crippen molar-refractivity contribution < 1.29 is 4.92 Å². The van der Waals surface area contributed by atoms with E-state index < -0.39 is 0 Å². The molecule has 0 radical (unpaired) electrons. The average Bonchev–Trinajstić information content (AvgIpc) is 2.72. The second-order valence-electron chi connectivity index (χ2n) is 4.94. The summed E-state index contributed by atoms with van der Waals surface area (Å²) in [4.78, 5) is 12.9. The summed E-state index contributed by atoms with van der Waals surface area (Å²) in [6.07, 6.45) is 2.36. The molecule has 0 saturated carbocycles. The van der Waals surface area contributed by atoms with Crippen LogP contribution in [0.3, 0.4) is 0 Å². The lowest BCUT2D eigenvalue weighted by atomic mass is 10.1. The predicted molar refractivity (Wildman–Crippen MR) is 72.0 cm³/mol. The van der Waals surface area contributed by atoms with Gasteiger partial charge in [0.25, 0.3) is 5.69 Å². The van der Waals surface area contributed by atoms with Gasteiger partial charge in [-0.05, 0) is 45.0 Å². The number of rotatable bonds is 4. The zero-order valence-electron chi connectivity index (χ0n) is 10.8. The van der Waals surface area contributed by atoms with E-state index in [1.54, 1.807) is 12.1 Å². The third-order valence-corrected chi connectivity index (χ3v) is 3.55. The molecule has 0 amide bonds. The fourth-order valence-electron chi connectivity index (χ4n) is 2.42. The van der Waals surface area contributed by atoms with Gasteiger partial charge in [0.05, 0.1) is 4.92 Å². The number of hydrogen-bond acceptors (Lipinski definition) is 4. The van der Waals surface area contributed by atoms with Gasteiger partial charge >= 0.3 is 0 Å². The van der Waals surface area contributed by atoms with Crippen molar-refractivity contribution in [1.29, 1.82) is 0 Å². The van der Waals surface area contributed by atoms with Crippen LogP contribution < -0.4 is 5.32 Å². The van der Waals surface area contributed by atoms with Crippen LogP contribution >= 0.6 is 0 Å². The molecule has 1 aliphatic heterocycles. The summed E-state index contributed by atoms with van der Waals surface area (Å²) >= 11 is 0. The maximum atomic E-state index is 10.9. The topological polar surface area (TPSA) is 58.4 Å². The molecule has 1 N–H and O–H groups in total. The smallest absolute Gasteiger partial charge is 0.292 e. The number of nitrogens with zero attached hydrogens (tertiary/aromatic N) is 2. The molecule has 0 spiro atoms. The van der Waals surface area contributed by atoms with Crippen LogP contribution in [0, 0.1) is 17.0 Å². The lowest BCUT2D eigenvalue weighted by Gasteiger charge is -2.20. The van der Waals surface area contributed by atoms with E-state index in [4.69, 9.17) is 0 Å². The van der Waals surface area contributed by atoms with Gasteiger partial charge in [-0.25, -0.2) is 0 Å². The number of nitro benzene ring substituents is 1. The first kappa shape index (κ1) is 12.8. The molecule has 1 aromatic rings. The van der Waals surface area contributed by atoms with Gasteiger partial charge in [-0.2, -0.15) is 0 Å². The fourth-order valence-corrected chi connectivity index (χ4v) is 2.42. The maximum absolute atomic E-state index is 10.9. The lowest BCUT2D eigenvalue weighted by molar-refractivity contribution is -0.384. The Morgan fingerprint density at radius 1 is 1.56 bits per heavy atom. The van der Waals surface area contributed by atoms with Crippen molar-refractivity contribution >= 4 is 11.4 Å². The maximum Gasteiger partial charge on any atom is 0.292 e. The van der Waals surface area contributed by atoms with Crippen molar-refractivity contribution in [3.63, 3.8) is 0 Å². The first-order valence-electron chi connectivity index (χ1n) is 6.27. The molecule has 0 bridgehead atoms. The third-order valence-electron chi connectivity index (χ3n) is 3.55. The first-order chi connectivity index (χ1) is 8.58. The van der Waals surface area contributed by atoms with E-state index >= 15 is 0 Å². The molecular formula is C13H19N3O2. The number of aryl methyl sites for hydroxylation is 1. The van der Waals surface area contributed by atoms with Gasteiger partial charge in [-0.1, -0.05) is 6.07 Å². The number of anilines is 1. The predicted octanol–water partition coefficient (Wildman–Crippen LogP) is 2.41. The van der Waals surface area contributed by atoms with Crippen molar-refractivity contribution in [3.05, 3.63) is 33.9 Å². The Morgan fingerprint density at radius 2 is 2.33 bits per heavy atom. The number of likely N-dealkylation sites (N-methyl/N-ethyl adjacent to an activating group) is 1. The minimum atomic E-state index is -0.333. The average molecular weight is 249 g/mol. The number of hydrogen-bond donors (Lipinski definition) is 1. The Bertz CT molecular complexity index is 448. The molecule has 1 unspecified atom stereocenters. The second-order valence-corrected chi connectivity index (χ2v) is 4.94. The molecule has 1 heterocycles. The number of nitro groups is 1. The van der Waals surface area contributed by atoms with Gasteiger partial charge in [-0.3, -0.25) is 10.1 Å². The molecular weight excluding hydrogens is 230 g/mol. The van der Waals surface area contributed by atoms with Gasteiger partial charge in [0.2, 0.25) is 0 Å². The first-order valence-corrected chi connectivity index (χ1v) is 6.27. The summed E-state index contributed by atoms with van der Waals surface area (Å²) in [5, 5.41) is 14.2. The van der Waals surface area contributed by atoms with Crippen LogP contribution in [0.15, 0.2) is 18.2 Å². The van der Waals surface area contributed by atoms with Crippen molar-refractivity contribution in [2.45, 2.75) is 25.8 Å². The molecule has 1 atom stereocenters. The standard InChI is InChI=1S/C13H19N3O2/c1-10-5-6-13(16(17)18)12(8-10)14-9-11-4-3-7-15(11)2/h5-6,8,11,14H,3-4,7,9H2,1-2H3. The Kier molecular flexibility index (Phi) is 3.81. The molecule has 98 valence electrons. The molecule has 1 aliphatic rings. The summed E-state index contributed by atoms with van der Waals surface area (Å²) in [5.41, 5.74) is 1.81. The van der Waals surface area contributed by atoms with Gasteiger partial charge in [0, 0.05) is 18.7 Å². The van der Waals surface area contributed by atoms with Gasteiger partial charge in [0.1, 0.15) is 5.69 Å². The highest BCUT2D eigenvalue weighted by molar-refractivity contribution is 5.62. The van der Waals surface area contributed by atoms with Gasteiger partial charge < -0.3 is 10.2 Å². The molecule has 2 rings (SSSR count). The highest BCUT2D eigenvalue weighted by Gasteiger charge is 2.21. The molecule has 5 heteroatoms. The summed E-state index contributed by atoms with van der Waals surface area (Å²) in [6.45, 7) is 3.82. The van der Waals surface area contributed by atoms with Crippen molar-refractivity contribution in [2.75, 3.05) is 25.5 Å². The highest BCUT2D eigenvalue weighted by atomic mass is 16.6. The van der Waals surface area contributed by atoms with Gasteiger partial charge in [0.15, 0.2) is 0 Å². The van der Waals surface area contributed by atoms with Crippen LogP contribution in [0.5, 0.6) is 0 Å². The normalized spacial score (nSPS) is 20.0. The zero-order chi connectivity index (χ0) is 13.1. The number of nitrogens with one attached hydrogen (secondary N) is 1. The van der Waals surface area contributed by atoms with Crippen molar-refractivity contribution in [1.82, 2.24) is 4.90 Å². The number of benzene rings is 1. The van der Waals surface area contributed by atoms with E-state index in [1.165, 1.54) is 6.42 Å². The Labute approximate surface area is 107 Å².